The molecule has 8 heteroatoms. The van der Waals surface area contributed by atoms with E-state index in [-0.39, 0.29) is 0 Å². The van der Waals surface area contributed by atoms with Crippen molar-refractivity contribution < 1.29 is 26.7 Å². The van der Waals surface area contributed by atoms with E-state index in [0.29, 0.717) is 12.3 Å². The first-order valence-electron chi connectivity index (χ1n) is 3.86. The molecule has 0 radical (unpaired) electrons. The van der Waals surface area contributed by atoms with Crippen LogP contribution in [0.5, 0.6) is 0 Å². The zero-order valence-corrected chi connectivity index (χ0v) is 7.55. The fraction of sp³-hybridized carbons (Fsp3) is 0.250. The minimum atomic E-state index is -5.79. The lowest BCUT2D eigenvalue weighted by Gasteiger charge is -2.21. The molecule has 0 aliphatic rings. The fourth-order valence-corrected chi connectivity index (χ4v) is 1.02. The van der Waals surface area contributed by atoms with Crippen molar-refractivity contribution in [2.75, 3.05) is 0 Å². The van der Waals surface area contributed by atoms with Crippen LogP contribution in [0.2, 0.25) is 0 Å². The summed E-state index contributed by atoms with van der Waals surface area (Å²) in [7, 11) is 0. The van der Waals surface area contributed by atoms with Gasteiger partial charge in [-0.3, -0.25) is 9.78 Å². The molecule has 88 valence electrons. The van der Waals surface area contributed by atoms with Gasteiger partial charge in [-0.25, -0.2) is 0 Å². The lowest BCUT2D eigenvalue weighted by molar-refractivity contribution is -0.289. The number of rotatable bonds is 2. The Morgan fingerprint density at radius 1 is 1.25 bits per heavy atom. The molecule has 0 atom stereocenters. The van der Waals surface area contributed by atoms with Crippen molar-refractivity contribution in [2.45, 2.75) is 12.1 Å². The average molecular weight is 240 g/mol. The van der Waals surface area contributed by atoms with Gasteiger partial charge in [0.05, 0.1) is 5.56 Å². The summed E-state index contributed by atoms with van der Waals surface area (Å²) in [6.45, 7) is 0. The molecule has 1 aromatic rings. The zero-order chi connectivity index (χ0) is 12.6. The number of amides is 1. The summed E-state index contributed by atoms with van der Waals surface area (Å²) in [5.74, 6) is -6.53. The van der Waals surface area contributed by atoms with E-state index in [2.05, 4.69) is 10.7 Å². The molecule has 1 amide bonds. The molecule has 16 heavy (non-hydrogen) atoms. The van der Waals surface area contributed by atoms with Gasteiger partial charge in [-0.1, -0.05) is 0 Å². The van der Waals surface area contributed by atoms with Crippen LogP contribution in [-0.2, 0) is 5.92 Å². The molecule has 0 bridgehead atoms. The first-order valence-corrected chi connectivity index (χ1v) is 3.86. The molecular weight excluding hydrogens is 235 g/mol. The maximum Gasteiger partial charge on any atom is 0.458 e. The zero-order valence-electron chi connectivity index (χ0n) is 7.55. The van der Waals surface area contributed by atoms with Crippen molar-refractivity contribution in [3.05, 3.63) is 29.6 Å². The molecule has 1 heterocycles. The van der Waals surface area contributed by atoms with Crippen LogP contribution in [-0.4, -0.2) is 17.1 Å². The van der Waals surface area contributed by atoms with Crippen molar-refractivity contribution in [2.24, 2.45) is 5.73 Å². The van der Waals surface area contributed by atoms with Gasteiger partial charge in [-0.15, -0.1) is 0 Å². The third-order valence-electron chi connectivity index (χ3n) is 1.78. The number of halogens is 5. The largest absolute Gasteiger partial charge is 0.458 e. The lowest BCUT2D eigenvalue weighted by atomic mass is 10.0. The van der Waals surface area contributed by atoms with E-state index in [1.807, 2.05) is 0 Å². The molecule has 0 fully saturated rings. The third kappa shape index (κ3) is 1.95. The third-order valence-corrected chi connectivity index (χ3v) is 1.78. The summed E-state index contributed by atoms with van der Waals surface area (Å²) in [6.07, 6.45) is -4.50. The maximum absolute atomic E-state index is 12.9. The second kappa shape index (κ2) is 3.69. The number of alkyl halides is 5. The summed E-state index contributed by atoms with van der Waals surface area (Å²) in [6, 6.07) is 0.410. The van der Waals surface area contributed by atoms with Crippen molar-refractivity contribution >= 4 is 5.91 Å². The minimum absolute atomic E-state index is 0.410. The van der Waals surface area contributed by atoms with E-state index >= 15 is 0 Å². The highest BCUT2D eigenvalue weighted by molar-refractivity contribution is 5.94. The van der Waals surface area contributed by atoms with Crippen LogP contribution in [0.1, 0.15) is 15.9 Å². The normalized spacial score (nSPS) is 12.6. The van der Waals surface area contributed by atoms with Crippen LogP contribution in [0.4, 0.5) is 22.0 Å². The van der Waals surface area contributed by atoms with Crippen molar-refractivity contribution in [1.29, 1.82) is 0 Å². The Bertz CT molecular complexity index is 415. The standard InChI is InChI=1S/C8H5F5N2O/c9-7(10,8(11,12)13)5-1-2-15-3-4(5)6(14)16/h1-3H,(H2,14,16). The Morgan fingerprint density at radius 2 is 1.81 bits per heavy atom. The number of nitrogens with zero attached hydrogens (tertiary/aromatic N) is 1. The number of hydrogen-bond donors (Lipinski definition) is 1. The highest BCUT2D eigenvalue weighted by atomic mass is 19.4. The van der Waals surface area contributed by atoms with Gasteiger partial charge in [0.1, 0.15) is 0 Å². The summed E-state index contributed by atoms with van der Waals surface area (Å²) in [5, 5.41) is 0. The molecule has 1 aromatic heterocycles. The second-order valence-corrected chi connectivity index (χ2v) is 2.86. The van der Waals surface area contributed by atoms with Crippen LogP contribution in [0.25, 0.3) is 0 Å². The smallest absolute Gasteiger partial charge is 0.366 e. The molecule has 0 spiro atoms. The molecule has 0 aromatic carbocycles. The highest BCUT2D eigenvalue weighted by Crippen LogP contribution is 2.44. The number of pyridine rings is 1. The number of nitrogens with two attached hydrogens (primary N) is 1. The Kier molecular flexibility index (Phi) is 2.85. The average Bonchev–Trinajstić information content (AvgIpc) is 2.16. The molecule has 3 nitrogen and oxygen atoms in total. The number of aromatic nitrogens is 1. The van der Waals surface area contributed by atoms with Gasteiger partial charge in [0.2, 0.25) is 0 Å². The van der Waals surface area contributed by atoms with Gasteiger partial charge in [-0.05, 0) is 6.07 Å². The van der Waals surface area contributed by atoms with Gasteiger partial charge in [0.25, 0.3) is 5.91 Å². The van der Waals surface area contributed by atoms with Crippen molar-refractivity contribution in [3.63, 3.8) is 0 Å². The Labute approximate surface area is 86.1 Å². The van der Waals surface area contributed by atoms with Gasteiger partial charge in [0.15, 0.2) is 0 Å². The van der Waals surface area contributed by atoms with Crippen molar-refractivity contribution in [3.8, 4) is 0 Å². The van der Waals surface area contributed by atoms with E-state index in [0.717, 1.165) is 6.20 Å². The second-order valence-electron chi connectivity index (χ2n) is 2.86. The first-order chi connectivity index (χ1) is 7.18. The Hall–Kier alpha value is -1.73. The van der Waals surface area contributed by atoms with Gasteiger partial charge < -0.3 is 5.73 Å². The SMILES string of the molecule is NC(=O)c1cnccc1C(F)(F)C(F)(F)F. The van der Waals surface area contributed by atoms with E-state index in [9.17, 15) is 26.7 Å². The molecule has 2 N–H and O–H groups in total. The summed E-state index contributed by atoms with van der Waals surface area (Å²) in [4.78, 5) is 13.9. The lowest BCUT2D eigenvalue weighted by Crippen LogP contribution is -2.35. The van der Waals surface area contributed by atoms with E-state index < -0.39 is 29.1 Å². The number of primary amides is 1. The monoisotopic (exact) mass is 240 g/mol. The predicted octanol–water partition coefficient (Wildman–Crippen LogP) is 1.83. The van der Waals surface area contributed by atoms with E-state index in [1.165, 1.54) is 0 Å². The molecule has 0 saturated heterocycles. The highest BCUT2D eigenvalue weighted by Gasteiger charge is 2.59. The molecule has 0 unspecified atom stereocenters. The van der Waals surface area contributed by atoms with Gasteiger partial charge in [-0.2, -0.15) is 22.0 Å². The molecule has 0 aliphatic heterocycles. The molecular formula is C8H5F5N2O. The van der Waals surface area contributed by atoms with E-state index in [4.69, 9.17) is 0 Å². The first kappa shape index (κ1) is 12.3. The van der Waals surface area contributed by atoms with Crippen LogP contribution in [0.3, 0.4) is 0 Å². The quantitative estimate of drug-likeness (QED) is 0.802. The van der Waals surface area contributed by atoms with Crippen LogP contribution in [0.15, 0.2) is 18.5 Å². The summed E-state index contributed by atoms with van der Waals surface area (Å²) in [5.41, 5.74) is 2.22. The Morgan fingerprint density at radius 3 is 2.25 bits per heavy atom. The van der Waals surface area contributed by atoms with Crippen molar-refractivity contribution in [1.82, 2.24) is 4.98 Å². The Balaban J connectivity index is 3.39. The summed E-state index contributed by atoms with van der Waals surface area (Å²) < 4.78 is 62.0. The summed E-state index contributed by atoms with van der Waals surface area (Å²) >= 11 is 0. The molecule has 0 saturated carbocycles. The maximum atomic E-state index is 12.9. The van der Waals surface area contributed by atoms with Crippen LogP contribution >= 0.6 is 0 Å². The van der Waals surface area contributed by atoms with Crippen LogP contribution in [0, 0.1) is 0 Å². The number of carbonyl (C=O) groups excluding carboxylic acids is 1. The number of hydrogen-bond acceptors (Lipinski definition) is 2. The minimum Gasteiger partial charge on any atom is -0.366 e. The van der Waals surface area contributed by atoms with Crippen LogP contribution < -0.4 is 5.73 Å². The molecule has 1 rings (SSSR count). The fourth-order valence-electron chi connectivity index (χ4n) is 1.02. The predicted molar refractivity (Wildman–Crippen MR) is 42.7 cm³/mol. The van der Waals surface area contributed by atoms with Gasteiger partial charge >= 0.3 is 12.1 Å². The topological polar surface area (TPSA) is 56.0 Å². The van der Waals surface area contributed by atoms with E-state index in [1.54, 1.807) is 0 Å². The van der Waals surface area contributed by atoms with Gasteiger partial charge in [0, 0.05) is 18.0 Å². The number of carbonyl (C=O) groups is 1. The molecule has 0 aliphatic carbocycles.